The molecule has 0 radical (unpaired) electrons. The summed E-state index contributed by atoms with van der Waals surface area (Å²) in [4.78, 5) is 40.0. The largest absolute Gasteiger partial charge is 0.274 e. The number of carbonyl (C=O) groups excluding carboxylic acids is 2. The van der Waals surface area contributed by atoms with Gasteiger partial charge in [0.1, 0.15) is 15.9 Å². The highest BCUT2D eigenvalue weighted by molar-refractivity contribution is 8.14. The van der Waals surface area contributed by atoms with E-state index in [2.05, 4.69) is 10.1 Å². The van der Waals surface area contributed by atoms with Gasteiger partial charge >= 0.3 is 0 Å². The maximum absolute atomic E-state index is 12.5. The maximum atomic E-state index is 12.5. The normalized spacial score (nSPS) is 12.9. The zero-order valence-corrected chi connectivity index (χ0v) is 16.8. The van der Waals surface area contributed by atoms with Crippen molar-refractivity contribution in [1.29, 1.82) is 0 Å². The van der Waals surface area contributed by atoms with Crippen molar-refractivity contribution >= 4 is 40.1 Å². The minimum Gasteiger partial charge on any atom is -0.274 e. The van der Waals surface area contributed by atoms with Gasteiger partial charge in [0.25, 0.3) is 5.69 Å². The van der Waals surface area contributed by atoms with E-state index >= 15 is 0 Å². The summed E-state index contributed by atoms with van der Waals surface area (Å²) >= 11 is 1.14. The highest BCUT2D eigenvalue weighted by atomic mass is 32.2. The molecule has 10 heteroatoms. The second-order valence-electron chi connectivity index (χ2n) is 6.43. The minimum atomic E-state index is -0.501. The molecule has 4 rings (SSSR count). The molecule has 0 spiro atoms. The molecule has 0 aliphatic carbocycles. The summed E-state index contributed by atoms with van der Waals surface area (Å²) < 4.78 is 1.43. The van der Waals surface area contributed by atoms with E-state index in [9.17, 15) is 19.7 Å². The average molecular weight is 421 g/mol. The minimum absolute atomic E-state index is 0.0963. The smallest absolute Gasteiger partial charge is 0.270 e. The number of hydrazone groups is 1. The number of hydrogen-bond acceptors (Lipinski definition) is 7. The molecule has 1 aromatic heterocycles. The van der Waals surface area contributed by atoms with Crippen LogP contribution in [-0.4, -0.2) is 31.3 Å². The van der Waals surface area contributed by atoms with E-state index in [-0.39, 0.29) is 17.4 Å². The number of imidazole rings is 1. The summed E-state index contributed by atoms with van der Waals surface area (Å²) in [6, 6.07) is 15.1. The molecule has 1 aliphatic rings. The van der Waals surface area contributed by atoms with Crippen LogP contribution in [0.25, 0.3) is 11.4 Å². The predicted octanol–water partition coefficient (Wildman–Crippen LogP) is 3.94. The fourth-order valence-electron chi connectivity index (χ4n) is 3.04. The van der Waals surface area contributed by atoms with Crippen LogP contribution in [-0.2, 0) is 4.79 Å². The van der Waals surface area contributed by atoms with Crippen molar-refractivity contribution in [2.45, 2.75) is 18.9 Å². The number of carbonyl (C=O) groups is 2. The van der Waals surface area contributed by atoms with Crippen molar-refractivity contribution < 1.29 is 14.5 Å². The fraction of sp³-hybridized carbons (Fsp3) is 0.100. The molecule has 0 bridgehead atoms. The van der Waals surface area contributed by atoms with Gasteiger partial charge in [-0.05, 0) is 11.8 Å². The Balaban J connectivity index is 1.89. The molecule has 2 heterocycles. The Labute approximate surface area is 175 Å². The van der Waals surface area contributed by atoms with Crippen LogP contribution in [0.3, 0.4) is 0 Å². The molecule has 3 aromatic rings. The fourth-order valence-corrected chi connectivity index (χ4v) is 4.12. The Morgan fingerprint density at radius 1 is 1.00 bits per heavy atom. The Hall–Kier alpha value is -3.79. The number of hydrogen-bond donors (Lipinski definition) is 0. The quantitative estimate of drug-likeness (QED) is 0.468. The van der Waals surface area contributed by atoms with Crippen molar-refractivity contribution in [3.05, 3.63) is 70.3 Å². The van der Waals surface area contributed by atoms with E-state index in [1.165, 1.54) is 30.5 Å². The monoisotopic (exact) mass is 421 g/mol. The molecule has 30 heavy (non-hydrogen) atoms. The Morgan fingerprint density at radius 2 is 1.70 bits per heavy atom. The lowest BCUT2D eigenvalue weighted by molar-refractivity contribution is -0.384. The number of rotatable bonds is 3. The third-order valence-electron chi connectivity index (χ3n) is 4.35. The van der Waals surface area contributed by atoms with Crippen LogP contribution in [0.4, 0.5) is 11.5 Å². The third-order valence-corrected chi connectivity index (χ3v) is 5.42. The van der Waals surface area contributed by atoms with E-state index in [4.69, 9.17) is 0 Å². The van der Waals surface area contributed by atoms with Gasteiger partial charge in [0.05, 0.1) is 4.92 Å². The lowest BCUT2D eigenvalue weighted by atomic mass is 10.2. The van der Waals surface area contributed by atoms with Crippen LogP contribution in [0, 0.1) is 10.1 Å². The van der Waals surface area contributed by atoms with Crippen LogP contribution in [0.2, 0.25) is 0 Å². The lowest BCUT2D eigenvalue weighted by Gasteiger charge is -2.21. The average Bonchev–Trinajstić information content (AvgIpc) is 3.13. The van der Waals surface area contributed by atoms with Crippen LogP contribution in [0.1, 0.15) is 24.2 Å². The van der Waals surface area contributed by atoms with E-state index in [1.807, 2.05) is 30.3 Å². The molecule has 1 aliphatic heterocycles. The molecule has 0 saturated carbocycles. The van der Waals surface area contributed by atoms with E-state index < -0.39 is 10.8 Å². The van der Waals surface area contributed by atoms with Gasteiger partial charge in [0.2, 0.25) is 11.8 Å². The number of benzene rings is 2. The van der Waals surface area contributed by atoms with Gasteiger partial charge in [-0.25, -0.2) is 4.98 Å². The molecule has 0 fully saturated rings. The molecular formula is C20H15N5O4S. The first-order chi connectivity index (χ1) is 14.4. The molecule has 0 saturated heterocycles. The number of amides is 1. The Bertz CT molecular complexity index is 1220. The van der Waals surface area contributed by atoms with Crippen molar-refractivity contribution in [1.82, 2.24) is 9.55 Å². The molecular weight excluding hydrogens is 406 g/mol. The Morgan fingerprint density at radius 3 is 2.33 bits per heavy atom. The summed E-state index contributed by atoms with van der Waals surface area (Å²) in [6.07, 6.45) is 0. The molecule has 0 N–H and O–H groups in total. The zero-order chi connectivity index (χ0) is 21.4. The van der Waals surface area contributed by atoms with Crippen LogP contribution in [0.15, 0.2) is 64.7 Å². The second-order valence-corrected chi connectivity index (χ2v) is 7.41. The lowest BCUT2D eigenvalue weighted by Crippen LogP contribution is -2.28. The SMILES string of the molecule is CC(=O)N1N=C(c2cccc([N+](=O)[O-])c2)Sc2c1nc(-c1ccccc1)n2C(C)=O. The summed E-state index contributed by atoms with van der Waals surface area (Å²) in [5.41, 5.74) is 1.08. The topological polar surface area (TPSA) is 111 Å². The van der Waals surface area contributed by atoms with Crippen molar-refractivity contribution in [2.75, 3.05) is 5.01 Å². The summed E-state index contributed by atoms with van der Waals surface area (Å²) in [7, 11) is 0. The second kappa shape index (κ2) is 7.56. The van der Waals surface area contributed by atoms with Gasteiger partial charge in [0.15, 0.2) is 5.82 Å². The molecule has 9 nitrogen and oxygen atoms in total. The first-order valence-electron chi connectivity index (χ1n) is 8.88. The number of anilines is 1. The number of aromatic nitrogens is 2. The Kier molecular flexibility index (Phi) is 4.92. The highest BCUT2D eigenvalue weighted by Crippen LogP contribution is 2.40. The van der Waals surface area contributed by atoms with Crippen molar-refractivity contribution in [2.24, 2.45) is 5.10 Å². The predicted molar refractivity (Wildman–Crippen MR) is 113 cm³/mol. The van der Waals surface area contributed by atoms with Crippen molar-refractivity contribution in [3.8, 4) is 11.4 Å². The van der Waals surface area contributed by atoms with Gasteiger partial charge in [-0.15, -0.1) is 0 Å². The first kappa shape index (κ1) is 19.5. The number of nitro groups is 1. The van der Waals surface area contributed by atoms with Crippen molar-refractivity contribution in [3.63, 3.8) is 0 Å². The maximum Gasteiger partial charge on any atom is 0.270 e. The van der Waals surface area contributed by atoms with Crippen LogP contribution in [0.5, 0.6) is 0 Å². The number of nitro benzene ring substituents is 1. The van der Waals surface area contributed by atoms with Crippen LogP contribution < -0.4 is 5.01 Å². The number of fused-ring (bicyclic) bond motifs is 1. The molecule has 150 valence electrons. The van der Waals surface area contributed by atoms with Gasteiger partial charge in [-0.1, -0.05) is 42.5 Å². The summed E-state index contributed by atoms with van der Waals surface area (Å²) in [5.74, 6) is -0.0377. The molecule has 0 atom stereocenters. The van der Waals surface area contributed by atoms with Gasteiger partial charge in [-0.3, -0.25) is 24.3 Å². The molecule has 0 unspecified atom stereocenters. The van der Waals surface area contributed by atoms with Gasteiger partial charge < -0.3 is 0 Å². The number of nitrogens with zero attached hydrogens (tertiary/aromatic N) is 5. The first-order valence-corrected chi connectivity index (χ1v) is 9.69. The standard InChI is InChI=1S/C20H15N5O4S/c1-12(26)23-17(14-7-4-3-5-8-14)21-18-20(23)30-19(22-24(18)13(2)27)15-9-6-10-16(11-15)25(28)29/h3-11H,1-2H3. The summed E-state index contributed by atoms with van der Waals surface area (Å²) in [5, 5.41) is 17.4. The molecule has 1 amide bonds. The van der Waals surface area contributed by atoms with Gasteiger partial charge in [0, 0.05) is 37.1 Å². The van der Waals surface area contributed by atoms with E-state index in [0.29, 0.717) is 27.0 Å². The van der Waals surface area contributed by atoms with E-state index in [0.717, 1.165) is 16.8 Å². The molecule has 2 aromatic carbocycles. The van der Waals surface area contributed by atoms with Gasteiger partial charge in [-0.2, -0.15) is 10.1 Å². The number of non-ortho nitro benzene ring substituents is 1. The number of thioether (sulfide) groups is 1. The van der Waals surface area contributed by atoms with Crippen LogP contribution >= 0.6 is 11.8 Å². The third kappa shape index (κ3) is 3.37. The highest BCUT2D eigenvalue weighted by Gasteiger charge is 2.32. The zero-order valence-electron chi connectivity index (χ0n) is 16.0. The van der Waals surface area contributed by atoms with E-state index in [1.54, 1.807) is 12.1 Å². The summed E-state index contributed by atoms with van der Waals surface area (Å²) in [6.45, 7) is 2.75.